The van der Waals surface area contributed by atoms with E-state index in [9.17, 15) is 4.79 Å². The molecule has 4 aromatic rings. The van der Waals surface area contributed by atoms with Crippen LogP contribution in [0.15, 0.2) is 29.3 Å². The van der Waals surface area contributed by atoms with Crippen LogP contribution in [0.3, 0.4) is 0 Å². The average molecular weight is 401 g/mol. The van der Waals surface area contributed by atoms with Crippen LogP contribution < -0.4 is 10.5 Å². The highest BCUT2D eigenvalue weighted by molar-refractivity contribution is 6.38. The van der Waals surface area contributed by atoms with Crippen LogP contribution in [0.2, 0.25) is 5.02 Å². The first kappa shape index (κ1) is 18.5. The van der Waals surface area contributed by atoms with Crippen molar-refractivity contribution in [1.82, 2.24) is 24.3 Å². The summed E-state index contributed by atoms with van der Waals surface area (Å²) in [5, 5.41) is 6.42. The molecule has 0 amide bonds. The number of methoxy groups -OCH3 is 1. The minimum absolute atomic E-state index is 0.128. The van der Waals surface area contributed by atoms with Crippen molar-refractivity contribution in [2.24, 2.45) is 7.05 Å². The number of aromatic nitrogens is 5. The van der Waals surface area contributed by atoms with Gasteiger partial charge in [-0.3, -0.25) is 14.0 Å². The molecule has 3 heterocycles. The molecule has 0 saturated carbocycles. The number of aromatic amines is 1. The number of ether oxygens (including phenoxy) is 1. The molecule has 146 valence electrons. The largest absolute Gasteiger partial charge is 0.383 e. The highest BCUT2D eigenvalue weighted by Crippen LogP contribution is 2.36. The molecule has 0 saturated heterocycles. The van der Waals surface area contributed by atoms with Crippen LogP contribution >= 0.6 is 11.6 Å². The van der Waals surface area contributed by atoms with Gasteiger partial charge in [0.05, 0.1) is 29.1 Å². The molecular formula is C19H21ClN6O2. The van der Waals surface area contributed by atoms with Gasteiger partial charge in [0.25, 0.3) is 5.56 Å². The third kappa shape index (κ3) is 2.85. The van der Waals surface area contributed by atoms with Crippen LogP contribution in [0, 0.1) is 0 Å². The second kappa shape index (κ2) is 6.96. The first-order valence-electron chi connectivity index (χ1n) is 8.82. The summed E-state index contributed by atoms with van der Waals surface area (Å²) < 4.78 is 8.45. The predicted molar refractivity (Wildman–Crippen MR) is 111 cm³/mol. The standard InChI is InChI=1S/C19H21ClN6O2/c1-24(2)19-22-17-15(18(27)25(19)3)12(9-21-17)11-5-6-14-13(16(11)20)10-26(23-14)7-8-28-4/h5-6,9-10,21H,7-8H2,1-4H3. The molecule has 8 nitrogen and oxygen atoms in total. The van der Waals surface area contributed by atoms with Gasteiger partial charge in [-0.25, -0.2) is 0 Å². The lowest BCUT2D eigenvalue weighted by Gasteiger charge is -2.15. The molecule has 1 aromatic carbocycles. The zero-order chi connectivity index (χ0) is 20.0. The summed E-state index contributed by atoms with van der Waals surface area (Å²) in [6.45, 7) is 1.21. The smallest absolute Gasteiger partial charge is 0.264 e. The molecule has 0 atom stereocenters. The topological polar surface area (TPSA) is 81.0 Å². The predicted octanol–water partition coefficient (Wildman–Crippen LogP) is 2.64. The van der Waals surface area contributed by atoms with Gasteiger partial charge in [0, 0.05) is 57.2 Å². The number of benzene rings is 1. The number of halogens is 1. The van der Waals surface area contributed by atoms with Crippen molar-refractivity contribution in [2.75, 3.05) is 32.7 Å². The number of hydrogen-bond donors (Lipinski definition) is 1. The van der Waals surface area contributed by atoms with Gasteiger partial charge in [0.15, 0.2) is 0 Å². The highest BCUT2D eigenvalue weighted by atomic mass is 35.5. The van der Waals surface area contributed by atoms with Crippen molar-refractivity contribution in [1.29, 1.82) is 0 Å². The molecule has 0 bridgehead atoms. The number of H-pyrrole nitrogens is 1. The second-order valence-electron chi connectivity index (χ2n) is 6.84. The van der Waals surface area contributed by atoms with Crippen LogP contribution in [0.5, 0.6) is 0 Å². The van der Waals surface area contributed by atoms with E-state index in [1.165, 1.54) is 4.57 Å². The van der Waals surface area contributed by atoms with Crippen LogP contribution in [-0.4, -0.2) is 52.1 Å². The maximum absolute atomic E-state index is 13.0. The lowest BCUT2D eigenvalue weighted by atomic mass is 10.0. The van der Waals surface area contributed by atoms with Crippen molar-refractivity contribution in [3.63, 3.8) is 0 Å². The number of rotatable bonds is 5. The Morgan fingerprint density at radius 2 is 2.07 bits per heavy atom. The van der Waals surface area contributed by atoms with Crippen LogP contribution in [0.25, 0.3) is 33.1 Å². The Morgan fingerprint density at radius 3 is 2.79 bits per heavy atom. The fourth-order valence-electron chi connectivity index (χ4n) is 3.38. The number of anilines is 1. The van der Waals surface area contributed by atoms with E-state index < -0.39 is 0 Å². The van der Waals surface area contributed by atoms with E-state index in [0.717, 1.165) is 22.0 Å². The van der Waals surface area contributed by atoms with Gasteiger partial charge < -0.3 is 14.6 Å². The van der Waals surface area contributed by atoms with Crippen LogP contribution in [0.4, 0.5) is 5.95 Å². The Labute approximate surface area is 166 Å². The van der Waals surface area contributed by atoms with E-state index in [-0.39, 0.29) is 5.56 Å². The SMILES string of the molecule is COCCn1cc2c(Cl)c(-c3c[nH]c4nc(N(C)C)n(C)c(=O)c34)ccc2n1. The first-order valence-corrected chi connectivity index (χ1v) is 9.20. The summed E-state index contributed by atoms with van der Waals surface area (Å²) in [6.07, 6.45) is 3.68. The molecule has 28 heavy (non-hydrogen) atoms. The zero-order valence-corrected chi connectivity index (χ0v) is 16.9. The maximum Gasteiger partial charge on any atom is 0.264 e. The normalized spacial score (nSPS) is 11.6. The molecule has 3 aromatic heterocycles. The van der Waals surface area contributed by atoms with E-state index in [1.54, 1.807) is 25.3 Å². The van der Waals surface area contributed by atoms with E-state index in [2.05, 4.69) is 15.1 Å². The lowest BCUT2D eigenvalue weighted by molar-refractivity contribution is 0.184. The Kier molecular flexibility index (Phi) is 4.60. The van der Waals surface area contributed by atoms with Gasteiger partial charge in [0.2, 0.25) is 5.95 Å². The molecule has 4 rings (SSSR count). The molecule has 0 aliphatic carbocycles. The van der Waals surface area contributed by atoms with Gasteiger partial charge in [-0.05, 0) is 6.07 Å². The van der Waals surface area contributed by atoms with Gasteiger partial charge >= 0.3 is 0 Å². The van der Waals surface area contributed by atoms with Crippen LogP contribution in [0.1, 0.15) is 0 Å². The fraction of sp³-hybridized carbons (Fsp3) is 0.316. The van der Waals surface area contributed by atoms with E-state index in [4.69, 9.17) is 16.3 Å². The number of hydrogen-bond acceptors (Lipinski definition) is 5. The Hall–Kier alpha value is -2.84. The van der Waals surface area contributed by atoms with Crippen molar-refractivity contribution >= 4 is 39.5 Å². The van der Waals surface area contributed by atoms with Crippen molar-refractivity contribution in [3.8, 4) is 11.1 Å². The Balaban J connectivity index is 1.90. The molecule has 0 radical (unpaired) electrons. The molecular weight excluding hydrogens is 380 g/mol. The summed E-state index contributed by atoms with van der Waals surface area (Å²) in [7, 11) is 7.07. The Bertz CT molecular complexity index is 1240. The molecule has 0 aliphatic rings. The van der Waals surface area contributed by atoms with Gasteiger partial charge in [0.1, 0.15) is 5.65 Å². The molecule has 0 spiro atoms. The third-order valence-corrected chi connectivity index (χ3v) is 5.18. The Morgan fingerprint density at radius 1 is 1.29 bits per heavy atom. The van der Waals surface area contributed by atoms with E-state index in [0.29, 0.717) is 35.2 Å². The number of nitrogens with one attached hydrogen (secondary N) is 1. The van der Waals surface area contributed by atoms with Crippen molar-refractivity contribution in [2.45, 2.75) is 6.54 Å². The lowest BCUT2D eigenvalue weighted by Crippen LogP contribution is -2.26. The minimum Gasteiger partial charge on any atom is -0.383 e. The second-order valence-corrected chi connectivity index (χ2v) is 7.22. The summed E-state index contributed by atoms with van der Waals surface area (Å²) >= 11 is 6.72. The van der Waals surface area contributed by atoms with Crippen LogP contribution in [-0.2, 0) is 18.3 Å². The number of nitrogens with zero attached hydrogens (tertiary/aromatic N) is 5. The monoisotopic (exact) mass is 400 g/mol. The quantitative estimate of drug-likeness (QED) is 0.557. The van der Waals surface area contributed by atoms with Crippen molar-refractivity contribution < 1.29 is 4.74 Å². The highest BCUT2D eigenvalue weighted by Gasteiger charge is 2.19. The molecule has 0 fully saturated rings. The zero-order valence-electron chi connectivity index (χ0n) is 16.2. The first-order chi connectivity index (χ1) is 13.4. The van der Waals surface area contributed by atoms with E-state index in [1.807, 2.05) is 37.1 Å². The summed E-state index contributed by atoms with van der Waals surface area (Å²) in [5.74, 6) is 0.576. The summed E-state index contributed by atoms with van der Waals surface area (Å²) in [4.78, 5) is 22.5. The van der Waals surface area contributed by atoms with Gasteiger partial charge in [-0.1, -0.05) is 17.7 Å². The number of fused-ring (bicyclic) bond motifs is 2. The maximum atomic E-state index is 13.0. The van der Waals surface area contributed by atoms with E-state index >= 15 is 0 Å². The fourth-order valence-corrected chi connectivity index (χ4v) is 3.69. The molecule has 0 aliphatic heterocycles. The third-order valence-electron chi connectivity index (χ3n) is 4.78. The minimum atomic E-state index is -0.128. The summed E-state index contributed by atoms with van der Waals surface area (Å²) in [6, 6.07) is 3.80. The molecule has 1 N–H and O–H groups in total. The average Bonchev–Trinajstić information content (AvgIpc) is 3.27. The molecule has 0 unspecified atom stereocenters. The molecule has 9 heteroatoms. The summed E-state index contributed by atoms with van der Waals surface area (Å²) in [5.41, 5.74) is 2.70. The van der Waals surface area contributed by atoms with Gasteiger partial charge in [-0.2, -0.15) is 10.1 Å². The van der Waals surface area contributed by atoms with Gasteiger partial charge in [-0.15, -0.1) is 0 Å². The van der Waals surface area contributed by atoms with Crippen molar-refractivity contribution in [3.05, 3.63) is 39.9 Å².